The van der Waals surface area contributed by atoms with E-state index in [0.717, 1.165) is 41.3 Å². The van der Waals surface area contributed by atoms with Crippen LogP contribution < -0.4 is 11.3 Å². The number of aliphatic hydroxyl groups is 1. The van der Waals surface area contributed by atoms with Gasteiger partial charge in [0.2, 0.25) is 5.91 Å². The number of pyridine rings is 2. The number of fused-ring (bicyclic) bond motifs is 4. The summed E-state index contributed by atoms with van der Waals surface area (Å²) in [6, 6.07) is 3.10. The molecule has 1 atom stereocenters. The SMILES string of the molecule is CC.CC(C)OCCC(N)=O.COCc1c(C(O)C=O)cc2n(c1=O)Cc1c-2nc2cc(F)c(C)c3c2c1CCC3. The molecule has 3 heterocycles. The third kappa shape index (κ3) is 6.55. The number of hydrogen-bond donors (Lipinski definition) is 2. The highest BCUT2D eigenvalue weighted by molar-refractivity contribution is 5.92. The number of rotatable bonds is 8. The van der Waals surface area contributed by atoms with Crippen molar-refractivity contribution in [2.75, 3.05) is 13.7 Å². The van der Waals surface area contributed by atoms with Crippen molar-refractivity contribution in [1.29, 1.82) is 0 Å². The van der Waals surface area contributed by atoms with E-state index in [4.69, 9.17) is 20.2 Å². The van der Waals surface area contributed by atoms with Crippen molar-refractivity contribution in [3.8, 4) is 11.4 Å². The fourth-order valence-corrected chi connectivity index (χ4v) is 5.35. The molecule has 1 aliphatic carbocycles. The van der Waals surface area contributed by atoms with Crippen molar-refractivity contribution in [2.24, 2.45) is 5.73 Å². The summed E-state index contributed by atoms with van der Waals surface area (Å²) in [4.78, 5) is 39.3. The van der Waals surface area contributed by atoms with Crippen LogP contribution in [0.15, 0.2) is 16.9 Å². The van der Waals surface area contributed by atoms with E-state index >= 15 is 0 Å². The number of ether oxygens (including phenoxy) is 2. The van der Waals surface area contributed by atoms with E-state index in [1.807, 2.05) is 27.7 Å². The van der Waals surface area contributed by atoms with E-state index in [1.165, 1.54) is 13.2 Å². The zero-order valence-electron chi connectivity index (χ0n) is 24.7. The number of aryl methyl sites for hydroxylation is 2. The van der Waals surface area contributed by atoms with Gasteiger partial charge in [-0.15, -0.1) is 0 Å². The molecule has 0 saturated carbocycles. The summed E-state index contributed by atoms with van der Waals surface area (Å²) in [5.74, 6) is -0.587. The molecule has 9 nitrogen and oxygen atoms in total. The molecule has 2 aromatic heterocycles. The number of carbonyl (C=O) groups excluding carboxylic acids is 2. The average Bonchev–Trinajstić information content (AvgIpc) is 3.32. The van der Waals surface area contributed by atoms with Crippen LogP contribution in [-0.2, 0) is 45.1 Å². The fraction of sp³-hybridized carbons (Fsp3) is 0.484. The van der Waals surface area contributed by atoms with Crippen LogP contribution in [0.2, 0.25) is 0 Å². The van der Waals surface area contributed by atoms with Gasteiger partial charge in [-0.1, -0.05) is 13.8 Å². The van der Waals surface area contributed by atoms with Crippen LogP contribution >= 0.6 is 0 Å². The molecular formula is C31H40FN3O6. The summed E-state index contributed by atoms with van der Waals surface area (Å²) < 4.78 is 26.3. The molecule has 1 aliphatic heterocycles. The van der Waals surface area contributed by atoms with Crippen LogP contribution in [0.1, 0.15) is 80.0 Å². The van der Waals surface area contributed by atoms with Gasteiger partial charge in [0, 0.05) is 41.7 Å². The quantitative estimate of drug-likeness (QED) is 0.306. The summed E-state index contributed by atoms with van der Waals surface area (Å²) >= 11 is 0. The Morgan fingerprint density at radius 1 is 1.22 bits per heavy atom. The molecule has 10 heteroatoms. The minimum absolute atomic E-state index is 0.00743. The van der Waals surface area contributed by atoms with Crippen LogP contribution in [0.3, 0.4) is 0 Å². The smallest absolute Gasteiger partial charge is 0.257 e. The van der Waals surface area contributed by atoms with Crippen LogP contribution in [0, 0.1) is 12.7 Å². The molecule has 5 rings (SSSR count). The molecule has 1 amide bonds. The minimum Gasteiger partial charge on any atom is -0.381 e. The molecular weight excluding hydrogens is 529 g/mol. The van der Waals surface area contributed by atoms with E-state index in [9.17, 15) is 23.9 Å². The molecule has 41 heavy (non-hydrogen) atoms. The van der Waals surface area contributed by atoms with E-state index in [2.05, 4.69) is 0 Å². The van der Waals surface area contributed by atoms with Gasteiger partial charge in [0.25, 0.3) is 5.56 Å². The average molecular weight is 570 g/mol. The Balaban J connectivity index is 0.000000362. The number of halogens is 1. The van der Waals surface area contributed by atoms with Crippen molar-refractivity contribution in [2.45, 2.75) is 85.7 Å². The van der Waals surface area contributed by atoms with E-state index < -0.39 is 6.10 Å². The summed E-state index contributed by atoms with van der Waals surface area (Å²) in [6.07, 6.45) is 2.04. The van der Waals surface area contributed by atoms with E-state index in [1.54, 1.807) is 17.6 Å². The second-order valence-corrected chi connectivity index (χ2v) is 10.1. The Labute approximate surface area is 239 Å². The Morgan fingerprint density at radius 3 is 2.51 bits per heavy atom. The second-order valence-electron chi connectivity index (χ2n) is 10.1. The minimum atomic E-state index is -1.43. The van der Waals surface area contributed by atoms with Gasteiger partial charge in [0.1, 0.15) is 11.9 Å². The lowest BCUT2D eigenvalue weighted by molar-refractivity contribution is -0.119. The van der Waals surface area contributed by atoms with Gasteiger partial charge in [-0.2, -0.15) is 0 Å². The Kier molecular flexibility index (Phi) is 10.9. The summed E-state index contributed by atoms with van der Waals surface area (Å²) in [5.41, 5.74) is 10.5. The molecule has 1 aromatic carbocycles. The lowest BCUT2D eigenvalue weighted by atomic mass is 9.85. The number of methoxy groups -OCH3 is 1. The van der Waals surface area contributed by atoms with Crippen molar-refractivity contribution in [1.82, 2.24) is 9.55 Å². The molecule has 1 unspecified atom stereocenters. The van der Waals surface area contributed by atoms with Crippen LogP contribution in [0.5, 0.6) is 0 Å². The molecule has 3 aromatic rings. The maximum absolute atomic E-state index is 14.5. The Bertz CT molecular complexity index is 1500. The standard InChI is InChI=1S/C23H21FN2O4.C6H13NO2.C2H6/c1-11-12-4-3-5-13-15-8-26-19(22(15)25-18(21(12)13)7-17(11)24)6-14(20(28)9-27)16(10-30-2)23(26)29;1-5(2)9-4-3-6(7)8;1-2/h6-7,9,20,28H,3-5,8,10H2,1-2H3;5H,3-4H2,1-2H3,(H2,7,8);1-2H3. The predicted molar refractivity (Wildman–Crippen MR) is 155 cm³/mol. The topological polar surface area (TPSA) is 134 Å². The normalized spacial score (nSPS) is 13.5. The number of nitrogens with two attached hydrogens (primary N) is 1. The first-order valence-electron chi connectivity index (χ1n) is 14.0. The van der Waals surface area contributed by atoms with E-state index in [-0.39, 0.29) is 41.1 Å². The van der Waals surface area contributed by atoms with Gasteiger partial charge >= 0.3 is 0 Å². The number of carbonyl (C=O) groups is 2. The van der Waals surface area contributed by atoms with Gasteiger partial charge in [-0.25, -0.2) is 9.37 Å². The number of aliphatic hydroxyl groups excluding tert-OH is 1. The zero-order valence-corrected chi connectivity index (χ0v) is 24.7. The van der Waals surface area contributed by atoms with Crippen molar-refractivity contribution >= 4 is 23.1 Å². The highest BCUT2D eigenvalue weighted by atomic mass is 19.1. The number of aldehydes is 1. The lowest BCUT2D eigenvalue weighted by Gasteiger charge is -2.21. The Morgan fingerprint density at radius 2 is 1.90 bits per heavy atom. The highest BCUT2D eigenvalue weighted by Gasteiger charge is 2.31. The molecule has 0 saturated heterocycles. The summed E-state index contributed by atoms with van der Waals surface area (Å²) in [5, 5.41) is 11.2. The molecule has 0 spiro atoms. The van der Waals surface area contributed by atoms with Gasteiger partial charge in [0.15, 0.2) is 6.29 Å². The second kappa shape index (κ2) is 13.9. The molecule has 3 N–H and O–H groups in total. The first kappa shape index (κ1) is 32.0. The van der Waals surface area contributed by atoms with Crippen LogP contribution in [0.25, 0.3) is 22.3 Å². The first-order valence-corrected chi connectivity index (χ1v) is 14.0. The maximum atomic E-state index is 14.5. The van der Waals surface area contributed by atoms with Crippen LogP contribution in [0.4, 0.5) is 4.39 Å². The van der Waals surface area contributed by atoms with Crippen molar-refractivity contribution in [3.05, 3.63) is 61.7 Å². The molecule has 0 fully saturated rings. The first-order chi connectivity index (χ1) is 19.6. The maximum Gasteiger partial charge on any atom is 0.257 e. The third-order valence-corrected chi connectivity index (χ3v) is 7.20. The molecule has 2 aliphatic rings. The molecule has 0 radical (unpaired) electrons. The van der Waals surface area contributed by atoms with E-state index in [0.29, 0.717) is 48.3 Å². The number of hydrogen-bond acceptors (Lipinski definition) is 7. The van der Waals surface area contributed by atoms with Crippen molar-refractivity contribution in [3.63, 3.8) is 0 Å². The number of benzene rings is 1. The van der Waals surface area contributed by atoms with Gasteiger partial charge in [-0.3, -0.25) is 9.59 Å². The largest absolute Gasteiger partial charge is 0.381 e. The molecule has 0 bridgehead atoms. The van der Waals surface area contributed by atoms with Crippen molar-refractivity contribution < 1.29 is 28.6 Å². The summed E-state index contributed by atoms with van der Waals surface area (Å²) in [6.45, 7) is 10.4. The number of primary amides is 1. The van der Waals surface area contributed by atoms with Crippen LogP contribution in [-0.4, -0.2) is 46.7 Å². The number of aromatic nitrogens is 2. The van der Waals surface area contributed by atoms with Gasteiger partial charge in [0.05, 0.1) is 42.8 Å². The predicted octanol–water partition coefficient (Wildman–Crippen LogP) is 4.05. The zero-order chi connectivity index (χ0) is 30.4. The monoisotopic (exact) mass is 569 g/mol. The Hall–Kier alpha value is -3.47. The van der Waals surface area contributed by atoms with Gasteiger partial charge in [-0.05, 0) is 62.8 Å². The van der Waals surface area contributed by atoms with Gasteiger partial charge < -0.3 is 29.7 Å². The number of amides is 1. The number of nitrogens with zero attached hydrogens (tertiary/aromatic N) is 2. The lowest BCUT2D eigenvalue weighted by Crippen LogP contribution is -2.26. The fourth-order valence-electron chi connectivity index (χ4n) is 5.35. The molecule has 222 valence electrons. The summed E-state index contributed by atoms with van der Waals surface area (Å²) in [7, 11) is 1.46. The third-order valence-electron chi connectivity index (χ3n) is 7.20. The highest BCUT2D eigenvalue weighted by Crippen LogP contribution is 2.41.